The van der Waals surface area contributed by atoms with E-state index in [1.54, 1.807) is 36.4 Å². The molecule has 0 spiro atoms. The number of sulfone groups is 1. The van der Waals surface area contributed by atoms with Crippen LogP contribution in [0.15, 0.2) is 88.4 Å². The third kappa shape index (κ3) is 4.92. The van der Waals surface area contributed by atoms with Crippen molar-refractivity contribution >= 4 is 33.0 Å². The lowest BCUT2D eigenvalue weighted by atomic mass is 10.1. The summed E-state index contributed by atoms with van der Waals surface area (Å²) in [6.45, 7) is 4.49. The Hall–Kier alpha value is -3.29. The van der Waals surface area contributed by atoms with Crippen LogP contribution in [-0.2, 0) is 14.6 Å². The van der Waals surface area contributed by atoms with E-state index in [1.165, 1.54) is 29.2 Å². The maximum absolute atomic E-state index is 13.7. The summed E-state index contributed by atoms with van der Waals surface area (Å²) in [4.78, 5) is 14.2. The van der Waals surface area contributed by atoms with Gasteiger partial charge in [0.2, 0.25) is 9.84 Å². The molecule has 1 atom stereocenters. The Balaban J connectivity index is 1.87. The third-order valence-corrected chi connectivity index (χ3v) is 7.97. The van der Waals surface area contributed by atoms with E-state index in [0.29, 0.717) is 28.6 Å². The fraction of sp³-hybridized carbons (Fsp3) is 0.222. The number of hydrogen-bond acceptors (Lipinski definition) is 5. The molecular weight excluding hydrogens is 486 g/mol. The van der Waals surface area contributed by atoms with Gasteiger partial charge in [0.1, 0.15) is 16.7 Å². The molecule has 0 fully saturated rings. The fourth-order valence-corrected chi connectivity index (χ4v) is 5.73. The van der Waals surface area contributed by atoms with Crippen molar-refractivity contribution in [2.24, 2.45) is 0 Å². The number of hydrogen-bond donors (Lipinski definition) is 1. The molecule has 3 aromatic rings. The summed E-state index contributed by atoms with van der Waals surface area (Å²) >= 11 is 5.95. The van der Waals surface area contributed by atoms with Crippen molar-refractivity contribution in [2.45, 2.75) is 37.6 Å². The van der Waals surface area contributed by atoms with Gasteiger partial charge in [0.15, 0.2) is 5.76 Å². The SMILES string of the molecule is CCCCOc1cccc([C@@H]2C(S(=O)(=O)c3ccc(Cl)cc3)=C(O)C(=O)N2c2ccc(C)cc2)c1. The zero-order chi connectivity index (χ0) is 25.2. The van der Waals surface area contributed by atoms with Crippen LogP contribution in [0.4, 0.5) is 5.69 Å². The normalized spacial score (nSPS) is 16.1. The number of benzene rings is 3. The number of carbonyl (C=O) groups is 1. The summed E-state index contributed by atoms with van der Waals surface area (Å²) in [7, 11) is -4.25. The van der Waals surface area contributed by atoms with E-state index >= 15 is 0 Å². The third-order valence-electron chi connectivity index (χ3n) is 5.83. The Morgan fingerprint density at radius 3 is 2.37 bits per heavy atom. The van der Waals surface area contributed by atoms with Crippen LogP contribution in [-0.4, -0.2) is 26.0 Å². The van der Waals surface area contributed by atoms with E-state index in [0.717, 1.165) is 18.4 Å². The first-order valence-electron chi connectivity index (χ1n) is 11.3. The highest BCUT2D eigenvalue weighted by Crippen LogP contribution is 2.45. The monoisotopic (exact) mass is 511 g/mol. The van der Waals surface area contributed by atoms with Crippen LogP contribution in [0.25, 0.3) is 0 Å². The first-order chi connectivity index (χ1) is 16.7. The second kappa shape index (κ2) is 10.1. The van der Waals surface area contributed by atoms with E-state index in [9.17, 15) is 18.3 Å². The zero-order valence-corrected chi connectivity index (χ0v) is 21.0. The molecule has 4 rings (SSSR count). The molecule has 1 heterocycles. The number of anilines is 1. The van der Waals surface area contributed by atoms with Gasteiger partial charge >= 0.3 is 0 Å². The van der Waals surface area contributed by atoms with Gasteiger partial charge in [-0.15, -0.1) is 0 Å². The number of aliphatic hydroxyl groups is 1. The number of unbranched alkanes of at least 4 members (excludes halogenated alkanes) is 1. The molecule has 0 bridgehead atoms. The number of halogens is 1. The summed E-state index contributed by atoms with van der Waals surface area (Å²) < 4.78 is 33.3. The average Bonchev–Trinajstić information content (AvgIpc) is 3.11. The highest BCUT2D eigenvalue weighted by atomic mass is 35.5. The van der Waals surface area contributed by atoms with Crippen molar-refractivity contribution in [3.63, 3.8) is 0 Å². The molecule has 1 N–H and O–H groups in total. The first kappa shape index (κ1) is 24.8. The molecule has 1 aliphatic rings. The quantitative estimate of drug-likeness (QED) is 0.366. The smallest absolute Gasteiger partial charge is 0.295 e. The summed E-state index contributed by atoms with van der Waals surface area (Å²) in [5.74, 6) is -1.03. The Kier molecular flexibility index (Phi) is 7.19. The summed E-state index contributed by atoms with van der Waals surface area (Å²) in [5, 5.41) is 11.3. The minimum absolute atomic E-state index is 0.0673. The summed E-state index contributed by atoms with van der Waals surface area (Å²) in [6, 6.07) is 18.6. The maximum atomic E-state index is 13.7. The van der Waals surface area contributed by atoms with Gasteiger partial charge in [0.05, 0.1) is 11.5 Å². The molecule has 3 aromatic carbocycles. The molecule has 0 radical (unpaired) electrons. The second-order valence-electron chi connectivity index (χ2n) is 8.36. The van der Waals surface area contributed by atoms with Crippen molar-refractivity contribution in [1.29, 1.82) is 0 Å². The van der Waals surface area contributed by atoms with Crippen LogP contribution in [0.5, 0.6) is 5.75 Å². The van der Waals surface area contributed by atoms with Crippen LogP contribution in [0.3, 0.4) is 0 Å². The minimum Gasteiger partial charge on any atom is -0.502 e. The highest BCUT2D eigenvalue weighted by molar-refractivity contribution is 7.95. The Morgan fingerprint density at radius 2 is 1.71 bits per heavy atom. The number of aryl methyl sites for hydroxylation is 1. The second-order valence-corrected chi connectivity index (χ2v) is 10.7. The van der Waals surface area contributed by atoms with E-state index in [2.05, 4.69) is 6.92 Å². The lowest BCUT2D eigenvalue weighted by Crippen LogP contribution is -2.31. The first-order valence-corrected chi connectivity index (χ1v) is 13.2. The van der Waals surface area contributed by atoms with Gasteiger partial charge in [-0.3, -0.25) is 9.69 Å². The van der Waals surface area contributed by atoms with Crippen molar-refractivity contribution in [3.05, 3.63) is 99.6 Å². The van der Waals surface area contributed by atoms with Crippen molar-refractivity contribution in [2.75, 3.05) is 11.5 Å². The van der Waals surface area contributed by atoms with Crippen molar-refractivity contribution < 1.29 is 23.1 Å². The van der Waals surface area contributed by atoms with Crippen LogP contribution < -0.4 is 9.64 Å². The number of carbonyl (C=O) groups excluding carboxylic acids is 1. The van der Waals surface area contributed by atoms with Gasteiger partial charge in [-0.2, -0.15) is 0 Å². The van der Waals surface area contributed by atoms with Gasteiger partial charge < -0.3 is 9.84 Å². The largest absolute Gasteiger partial charge is 0.502 e. The van der Waals surface area contributed by atoms with E-state index in [1.807, 2.05) is 19.1 Å². The molecule has 0 saturated heterocycles. The van der Waals surface area contributed by atoms with Gasteiger partial charge in [-0.05, 0) is 67.4 Å². The van der Waals surface area contributed by atoms with Crippen LogP contribution in [0, 0.1) is 6.92 Å². The minimum atomic E-state index is -4.25. The molecule has 8 heteroatoms. The lowest BCUT2D eigenvalue weighted by molar-refractivity contribution is -0.117. The molecule has 0 aliphatic carbocycles. The van der Waals surface area contributed by atoms with E-state index in [4.69, 9.17) is 16.3 Å². The number of rotatable bonds is 8. The zero-order valence-electron chi connectivity index (χ0n) is 19.4. The molecular formula is C27H26ClNO5S. The van der Waals surface area contributed by atoms with Crippen LogP contribution in [0.1, 0.15) is 36.9 Å². The van der Waals surface area contributed by atoms with Crippen molar-refractivity contribution in [3.8, 4) is 5.75 Å². The van der Waals surface area contributed by atoms with Crippen LogP contribution >= 0.6 is 11.6 Å². The summed E-state index contributed by atoms with van der Waals surface area (Å²) in [6.07, 6.45) is 1.84. The predicted octanol–water partition coefficient (Wildman–Crippen LogP) is 6.16. The van der Waals surface area contributed by atoms with Gasteiger partial charge in [-0.1, -0.05) is 54.8 Å². The number of amides is 1. The highest BCUT2D eigenvalue weighted by Gasteiger charge is 2.47. The molecule has 0 saturated carbocycles. The Bertz CT molecular complexity index is 1370. The molecule has 35 heavy (non-hydrogen) atoms. The van der Waals surface area contributed by atoms with Gasteiger partial charge in [-0.25, -0.2) is 8.42 Å². The number of aliphatic hydroxyl groups excluding tert-OH is 1. The molecule has 1 aliphatic heterocycles. The Morgan fingerprint density at radius 1 is 1.03 bits per heavy atom. The molecule has 0 unspecified atom stereocenters. The molecule has 182 valence electrons. The number of nitrogens with zero attached hydrogens (tertiary/aromatic N) is 1. The van der Waals surface area contributed by atoms with Gasteiger partial charge in [0, 0.05) is 10.7 Å². The Labute approximate surface area is 210 Å². The fourth-order valence-electron chi connectivity index (χ4n) is 3.98. The lowest BCUT2D eigenvalue weighted by Gasteiger charge is -2.27. The topological polar surface area (TPSA) is 83.9 Å². The standard InChI is InChI=1S/C27H26ClNO5S/c1-3-4-16-34-22-7-5-6-19(17-22)24-26(35(32,33)23-14-10-20(28)11-15-23)25(30)27(31)29(24)21-12-8-18(2)9-13-21/h5-15,17,24,30H,3-4,16H2,1-2H3/t24-/m1/s1. The molecule has 1 amide bonds. The van der Waals surface area contributed by atoms with E-state index < -0.39 is 27.5 Å². The summed E-state index contributed by atoms with van der Waals surface area (Å²) in [5.41, 5.74) is 1.95. The van der Waals surface area contributed by atoms with Gasteiger partial charge in [0.25, 0.3) is 5.91 Å². The predicted molar refractivity (Wildman–Crippen MR) is 137 cm³/mol. The maximum Gasteiger partial charge on any atom is 0.295 e. The van der Waals surface area contributed by atoms with Crippen molar-refractivity contribution in [1.82, 2.24) is 0 Å². The van der Waals surface area contributed by atoms with Crippen LogP contribution in [0.2, 0.25) is 5.02 Å². The average molecular weight is 512 g/mol. The molecule has 6 nitrogen and oxygen atoms in total. The molecule has 0 aromatic heterocycles. The van der Waals surface area contributed by atoms with E-state index in [-0.39, 0.29) is 9.80 Å². The number of ether oxygens (including phenoxy) is 1.